The summed E-state index contributed by atoms with van der Waals surface area (Å²) in [6, 6.07) is 4.11. The van der Waals surface area contributed by atoms with Gasteiger partial charge in [-0.3, -0.25) is 0 Å². The van der Waals surface area contributed by atoms with Crippen molar-refractivity contribution in [3.05, 3.63) is 0 Å². The number of hydrogen-bond acceptors (Lipinski definition) is 1. The van der Waals surface area contributed by atoms with Gasteiger partial charge in [0.25, 0.3) is 0 Å². The third-order valence-corrected chi connectivity index (χ3v) is 8.64. The van der Waals surface area contributed by atoms with Crippen LogP contribution in [0.1, 0.15) is 39.0 Å². The van der Waals surface area contributed by atoms with E-state index in [2.05, 4.69) is 31.1 Å². The summed E-state index contributed by atoms with van der Waals surface area (Å²) in [5, 5.41) is 0. The lowest BCUT2D eigenvalue weighted by molar-refractivity contribution is 0.265. The maximum atomic E-state index is 2.89. The standard InChI is InChI=1S/C13H31NSi2/c1-5-14(13-9-7-6-8-10-13)15-11-12-16(2,3)4/h13H,5-12,15H2,1-4H3. The van der Waals surface area contributed by atoms with Gasteiger partial charge in [0.15, 0.2) is 0 Å². The highest BCUT2D eigenvalue weighted by Crippen LogP contribution is 2.22. The predicted molar refractivity (Wildman–Crippen MR) is 80.8 cm³/mol. The Labute approximate surface area is 106 Å². The summed E-state index contributed by atoms with van der Waals surface area (Å²) in [6.45, 7) is 11.2. The largest absolute Gasteiger partial charge is 0.327 e. The summed E-state index contributed by atoms with van der Waals surface area (Å²) < 4.78 is 2.89. The van der Waals surface area contributed by atoms with E-state index in [-0.39, 0.29) is 9.68 Å². The maximum Gasteiger partial charge on any atom is 0.0950 e. The topological polar surface area (TPSA) is 3.24 Å². The molecule has 0 aliphatic heterocycles. The molecule has 0 aromatic carbocycles. The monoisotopic (exact) mass is 257 g/mol. The van der Waals surface area contributed by atoms with Crippen LogP contribution in [0.25, 0.3) is 0 Å². The first-order valence-electron chi connectivity index (χ1n) is 7.27. The molecule has 0 heterocycles. The minimum atomic E-state index is -0.778. The van der Waals surface area contributed by atoms with Crippen LogP contribution in [-0.4, -0.2) is 34.9 Å². The fraction of sp³-hybridized carbons (Fsp3) is 1.00. The normalized spacial score (nSPS) is 20.1. The zero-order valence-corrected chi connectivity index (χ0v) is 14.3. The van der Waals surface area contributed by atoms with Gasteiger partial charge in [0.1, 0.15) is 0 Å². The van der Waals surface area contributed by atoms with Gasteiger partial charge in [-0.05, 0) is 19.4 Å². The van der Waals surface area contributed by atoms with Crippen LogP contribution in [0.4, 0.5) is 0 Å². The van der Waals surface area contributed by atoms with Crippen molar-refractivity contribution >= 4 is 17.8 Å². The van der Waals surface area contributed by atoms with Crippen molar-refractivity contribution in [3.8, 4) is 0 Å². The maximum absolute atomic E-state index is 2.89. The van der Waals surface area contributed by atoms with E-state index in [1.165, 1.54) is 38.6 Å². The molecule has 1 nitrogen and oxygen atoms in total. The van der Waals surface area contributed by atoms with Gasteiger partial charge in [0.2, 0.25) is 0 Å². The Morgan fingerprint density at radius 3 is 2.25 bits per heavy atom. The van der Waals surface area contributed by atoms with Crippen molar-refractivity contribution in [1.29, 1.82) is 0 Å². The third kappa shape index (κ3) is 5.64. The van der Waals surface area contributed by atoms with Crippen LogP contribution >= 0.6 is 0 Å². The fourth-order valence-electron chi connectivity index (χ4n) is 2.86. The first-order valence-corrected chi connectivity index (χ1v) is 12.6. The SMILES string of the molecule is CCN([SiH2]CC[Si](C)(C)C)C1CCCCC1. The second kappa shape index (κ2) is 6.97. The Hall–Kier alpha value is 0.394. The quantitative estimate of drug-likeness (QED) is 0.659. The lowest BCUT2D eigenvalue weighted by Crippen LogP contribution is -2.39. The van der Waals surface area contributed by atoms with Gasteiger partial charge in [-0.15, -0.1) is 0 Å². The van der Waals surface area contributed by atoms with Gasteiger partial charge in [-0.1, -0.05) is 57.9 Å². The van der Waals surface area contributed by atoms with Crippen LogP contribution in [0.3, 0.4) is 0 Å². The molecule has 16 heavy (non-hydrogen) atoms. The van der Waals surface area contributed by atoms with Gasteiger partial charge in [0, 0.05) is 14.1 Å². The molecule has 0 radical (unpaired) electrons. The van der Waals surface area contributed by atoms with Crippen molar-refractivity contribution in [2.75, 3.05) is 6.54 Å². The van der Waals surface area contributed by atoms with Gasteiger partial charge in [0.05, 0.1) is 9.68 Å². The van der Waals surface area contributed by atoms with Crippen LogP contribution < -0.4 is 0 Å². The van der Waals surface area contributed by atoms with E-state index in [0.717, 1.165) is 6.04 Å². The van der Waals surface area contributed by atoms with E-state index in [0.29, 0.717) is 0 Å². The molecule has 0 saturated heterocycles. The molecule has 96 valence electrons. The second-order valence-electron chi connectivity index (χ2n) is 6.58. The van der Waals surface area contributed by atoms with Crippen LogP contribution in [0.2, 0.25) is 31.7 Å². The summed E-state index contributed by atoms with van der Waals surface area (Å²) in [6.07, 6.45) is 7.46. The molecule has 0 spiro atoms. The minimum absolute atomic E-state index is 0.0687. The molecule has 1 fully saturated rings. The number of rotatable bonds is 6. The van der Waals surface area contributed by atoms with Crippen molar-refractivity contribution in [3.63, 3.8) is 0 Å². The van der Waals surface area contributed by atoms with Crippen LogP contribution in [0, 0.1) is 0 Å². The van der Waals surface area contributed by atoms with E-state index in [4.69, 9.17) is 0 Å². The second-order valence-corrected chi connectivity index (χ2v) is 14.2. The smallest absolute Gasteiger partial charge is 0.0950 e. The summed E-state index contributed by atoms with van der Waals surface area (Å²) in [7, 11) is -0.710. The van der Waals surface area contributed by atoms with Gasteiger partial charge in [-0.25, -0.2) is 0 Å². The molecule has 0 aromatic heterocycles. The Morgan fingerprint density at radius 1 is 1.12 bits per heavy atom. The molecule has 0 atom stereocenters. The van der Waals surface area contributed by atoms with Crippen LogP contribution in [0.15, 0.2) is 0 Å². The van der Waals surface area contributed by atoms with E-state index >= 15 is 0 Å². The molecule has 1 rings (SSSR count). The molecule has 0 unspecified atom stereocenters. The van der Waals surface area contributed by atoms with E-state index in [9.17, 15) is 0 Å². The molecule has 1 saturated carbocycles. The van der Waals surface area contributed by atoms with Crippen molar-refractivity contribution in [2.45, 2.75) is 76.8 Å². The van der Waals surface area contributed by atoms with E-state index in [1.807, 2.05) is 0 Å². The summed E-state index contributed by atoms with van der Waals surface area (Å²) in [5.41, 5.74) is 0. The fourth-order valence-corrected chi connectivity index (χ4v) is 9.19. The van der Waals surface area contributed by atoms with Crippen LogP contribution in [-0.2, 0) is 0 Å². The number of nitrogens with zero attached hydrogens (tertiary/aromatic N) is 1. The van der Waals surface area contributed by atoms with Gasteiger partial charge in [-0.2, -0.15) is 0 Å². The molecule has 1 aliphatic rings. The van der Waals surface area contributed by atoms with Crippen molar-refractivity contribution in [2.24, 2.45) is 0 Å². The Morgan fingerprint density at radius 2 is 1.75 bits per heavy atom. The highest BCUT2D eigenvalue weighted by molar-refractivity contribution is 6.76. The third-order valence-electron chi connectivity index (χ3n) is 3.87. The molecule has 0 bridgehead atoms. The van der Waals surface area contributed by atoms with Crippen LogP contribution in [0.5, 0.6) is 0 Å². The first-order chi connectivity index (χ1) is 7.53. The molecule has 0 amide bonds. The molecule has 1 aliphatic carbocycles. The average Bonchev–Trinajstić information content (AvgIpc) is 2.24. The summed E-state index contributed by atoms with van der Waals surface area (Å²) >= 11 is 0. The summed E-state index contributed by atoms with van der Waals surface area (Å²) in [5.74, 6) is 0. The van der Waals surface area contributed by atoms with Crippen molar-refractivity contribution < 1.29 is 0 Å². The van der Waals surface area contributed by atoms with E-state index < -0.39 is 8.07 Å². The Bertz CT molecular complexity index is 183. The van der Waals surface area contributed by atoms with Crippen molar-refractivity contribution in [1.82, 2.24) is 4.57 Å². The lowest BCUT2D eigenvalue weighted by Gasteiger charge is -2.34. The summed E-state index contributed by atoms with van der Waals surface area (Å²) in [4.78, 5) is 0. The molecule has 0 aromatic rings. The van der Waals surface area contributed by atoms with Gasteiger partial charge < -0.3 is 4.57 Å². The zero-order valence-electron chi connectivity index (χ0n) is 11.9. The molecule has 0 N–H and O–H groups in total. The van der Waals surface area contributed by atoms with E-state index in [1.54, 1.807) is 12.1 Å². The Balaban J connectivity index is 2.25. The number of hydrogen-bond donors (Lipinski definition) is 0. The predicted octanol–water partition coefficient (Wildman–Crippen LogP) is 3.48. The molecular formula is C13H31NSi2. The molecular weight excluding hydrogens is 226 g/mol. The minimum Gasteiger partial charge on any atom is -0.327 e. The molecule has 3 heteroatoms. The highest BCUT2D eigenvalue weighted by atomic mass is 28.3. The zero-order chi connectivity index (χ0) is 12.0. The van der Waals surface area contributed by atoms with Gasteiger partial charge >= 0.3 is 0 Å². The average molecular weight is 258 g/mol. The Kier molecular flexibility index (Phi) is 6.30. The first kappa shape index (κ1) is 14.5. The lowest BCUT2D eigenvalue weighted by atomic mass is 9.95. The highest BCUT2D eigenvalue weighted by Gasteiger charge is 2.20.